The maximum absolute atomic E-state index is 5.76. The molecule has 80 valence electrons. The lowest BCUT2D eigenvalue weighted by molar-refractivity contribution is 0.826. The first-order chi connectivity index (χ1) is 7.09. The van der Waals surface area contributed by atoms with Gasteiger partial charge < -0.3 is 5.73 Å². The Bertz CT molecular complexity index is 469. The second kappa shape index (κ2) is 3.66. The fourth-order valence-electron chi connectivity index (χ4n) is 1.53. The van der Waals surface area contributed by atoms with E-state index in [1.165, 1.54) is 4.88 Å². The van der Waals surface area contributed by atoms with Crippen molar-refractivity contribution in [2.75, 3.05) is 5.73 Å². The second-order valence-corrected chi connectivity index (χ2v) is 5.02. The SMILES string of the molecule is Cc1sc(-c2cn[nH]c2N)nc1C(C)C. The fraction of sp³-hybridized carbons (Fsp3) is 0.400. The summed E-state index contributed by atoms with van der Waals surface area (Å²) in [5.74, 6) is 1.03. The van der Waals surface area contributed by atoms with Gasteiger partial charge in [0.05, 0.1) is 17.5 Å². The third-order valence-electron chi connectivity index (χ3n) is 2.28. The van der Waals surface area contributed by atoms with Crippen LogP contribution in [-0.2, 0) is 0 Å². The van der Waals surface area contributed by atoms with Crippen molar-refractivity contribution in [1.82, 2.24) is 15.2 Å². The number of aromatic amines is 1. The largest absolute Gasteiger partial charge is 0.383 e. The van der Waals surface area contributed by atoms with Crippen LogP contribution >= 0.6 is 11.3 Å². The average Bonchev–Trinajstić information content (AvgIpc) is 2.71. The molecule has 3 N–H and O–H groups in total. The number of H-pyrrole nitrogens is 1. The first-order valence-electron chi connectivity index (χ1n) is 4.86. The van der Waals surface area contributed by atoms with Crippen LogP contribution in [0.2, 0.25) is 0 Å². The van der Waals surface area contributed by atoms with Gasteiger partial charge in [0, 0.05) is 4.88 Å². The van der Waals surface area contributed by atoms with Crippen LogP contribution in [0, 0.1) is 6.92 Å². The van der Waals surface area contributed by atoms with Gasteiger partial charge in [-0.05, 0) is 12.8 Å². The Morgan fingerprint density at radius 2 is 2.20 bits per heavy atom. The molecule has 0 aromatic carbocycles. The van der Waals surface area contributed by atoms with E-state index < -0.39 is 0 Å². The van der Waals surface area contributed by atoms with Crippen molar-refractivity contribution in [2.45, 2.75) is 26.7 Å². The van der Waals surface area contributed by atoms with E-state index in [1.54, 1.807) is 17.5 Å². The van der Waals surface area contributed by atoms with E-state index in [0.29, 0.717) is 11.7 Å². The summed E-state index contributed by atoms with van der Waals surface area (Å²) in [6.07, 6.45) is 1.72. The molecule has 2 aromatic heterocycles. The molecule has 0 amide bonds. The van der Waals surface area contributed by atoms with Crippen LogP contribution in [0.15, 0.2) is 6.20 Å². The highest BCUT2D eigenvalue weighted by Gasteiger charge is 2.14. The smallest absolute Gasteiger partial charge is 0.129 e. The molecule has 0 spiro atoms. The minimum absolute atomic E-state index is 0.447. The van der Waals surface area contributed by atoms with Gasteiger partial charge in [-0.3, -0.25) is 5.10 Å². The van der Waals surface area contributed by atoms with Gasteiger partial charge >= 0.3 is 0 Å². The van der Waals surface area contributed by atoms with E-state index >= 15 is 0 Å². The van der Waals surface area contributed by atoms with Gasteiger partial charge in [0.1, 0.15) is 10.8 Å². The first-order valence-corrected chi connectivity index (χ1v) is 5.67. The van der Waals surface area contributed by atoms with Crippen LogP contribution in [0.25, 0.3) is 10.6 Å². The maximum Gasteiger partial charge on any atom is 0.129 e. The summed E-state index contributed by atoms with van der Waals surface area (Å²) in [4.78, 5) is 5.84. The van der Waals surface area contributed by atoms with E-state index in [9.17, 15) is 0 Å². The Morgan fingerprint density at radius 1 is 1.47 bits per heavy atom. The van der Waals surface area contributed by atoms with Crippen LogP contribution < -0.4 is 5.73 Å². The summed E-state index contributed by atoms with van der Waals surface area (Å²) < 4.78 is 0. The van der Waals surface area contributed by atoms with Gasteiger partial charge in [0.2, 0.25) is 0 Å². The molecule has 0 aliphatic rings. The topological polar surface area (TPSA) is 67.6 Å². The van der Waals surface area contributed by atoms with Crippen LogP contribution in [0.3, 0.4) is 0 Å². The number of thiazole rings is 1. The molecule has 0 bridgehead atoms. The van der Waals surface area contributed by atoms with Gasteiger partial charge in [-0.2, -0.15) is 5.10 Å². The molecule has 0 saturated carbocycles. The zero-order chi connectivity index (χ0) is 11.0. The number of aryl methyl sites for hydroxylation is 1. The van der Waals surface area contributed by atoms with E-state index in [1.807, 2.05) is 0 Å². The lowest BCUT2D eigenvalue weighted by atomic mass is 10.1. The van der Waals surface area contributed by atoms with Crippen molar-refractivity contribution in [3.05, 3.63) is 16.8 Å². The van der Waals surface area contributed by atoms with Gasteiger partial charge in [0.25, 0.3) is 0 Å². The van der Waals surface area contributed by atoms with Crippen LogP contribution in [0.4, 0.5) is 5.82 Å². The van der Waals surface area contributed by atoms with Crippen LogP contribution in [0.1, 0.15) is 30.3 Å². The van der Waals surface area contributed by atoms with Crippen molar-refractivity contribution in [3.8, 4) is 10.6 Å². The molecule has 0 aliphatic heterocycles. The zero-order valence-corrected chi connectivity index (χ0v) is 9.85. The summed E-state index contributed by atoms with van der Waals surface area (Å²) >= 11 is 1.66. The Kier molecular flexibility index (Phi) is 2.48. The third kappa shape index (κ3) is 1.74. The van der Waals surface area contributed by atoms with Gasteiger partial charge in [0.15, 0.2) is 0 Å². The van der Waals surface area contributed by atoms with E-state index in [-0.39, 0.29) is 0 Å². The van der Waals surface area contributed by atoms with E-state index in [2.05, 4.69) is 36.0 Å². The minimum Gasteiger partial charge on any atom is -0.383 e. The molecule has 0 fully saturated rings. The first kappa shape index (κ1) is 10.2. The molecule has 2 rings (SSSR count). The lowest BCUT2D eigenvalue weighted by Crippen LogP contribution is -1.90. The van der Waals surface area contributed by atoms with Gasteiger partial charge in [-0.1, -0.05) is 13.8 Å². The molecule has 0 atom stereocenters. The molecule has 0 radical (unpaired) electrons. The Morgan fingerprint density at radius 3 is 2.67 bits per heavy atom. The number of nitrogens with two attached hydrogens (primary N) is 1. The van der Waals surface area contributed by atoms with Crippen molar-refractivity contribution in [1.29, 1.82) is 0 Å². The van der Waals surface area contributed by atoms with Crippen molar-refractivity contribution in [3.63, 3.8) is 0 Å². The molecule has 15 heavy (non-hydrogen) atoms. The van der Waals surface area contributed by atoms with Crippen LogP contribution in [-0.4, -0.2) is 15.2 Å². The maximum atomic E-state index is 5.76. The molecule has 0 saturated heterocycles. The van der Waals surface area contributed by atoms with Gasteiger partial charge in [-0.15, -0.1) is 11.3 Å². The highest BCUT2D eigenvalue weighted by atomic mass is 32.1. The summed E-state index contributed by atoms with van der Waals surface area (Å²) in [6.45, 7) is 6.38. The summed E-state index contributed by atoms with van der Waals surface area (Å²) in [5.41, 5.74) is 7.80. The second-order valence-electron chi connectivity index (χ2n) is 3.81. The average molecular weight is 222 g/mol. The number of nitrogens with zero attached hydrogens (tertiary/aromatic N) is 2. The zero-order valence-electron chi connectivity index (χ0n) is 9.03. The minimum atomic E-state index is 0.447. The highest BCUT2D eigenvalue weighted by Crippen LogP contribution is 2.32. The number of rotatable bonds is 2. The predicted molar refractivity (Wildman–Crippen MR) is 62.9 cm³/mol. The molecule has 2 aromatic rings. The number of anilines is 1. The number of nitrogens with one attached hydrogen (secondary N) is 1. The Balaban J connectivity index is 2.47. The number of hydrogen-bond donors (Lipinski definition) is 2. The summed E-state index contributed by atoms with van der Waals surface area (Å²) in [6, 6.07) is 0. The van der Waals surface area contributed by atoms with E-state index in [0.717, 1.165) is 16.3 Å². The van der Waals surface area contributed by atoms with Gasteiger partial charge in [-0.25, -0.2) is 4.98 Å². The predicted octanol–water partition coefficient (Wildman–Crippen LogP) is 2.55. The van der Waals surface area contributed by atoms with Crippen molar-refractivity contribution in [2.24, 2.45) is 0 Å². The lowest BCUT2D eigenvalue weighted by Gasteiger charge is -1.99. The molecule has 2 heterocycles. The quantitative estimate of drug-likeness (QED) is 0.820. The monoisotopic (exact) mass is 222 g/mol. The normalized spacial score (nSPS) is 11.2. The Labute approximate surface area is 92.5 Å². The molecule has 5 heteroatoms. The molecular weight excluding hydrogens is 208 g/mol. The molecule has 0 aliphatic carbocycles. The van der Waals surface area contributed by atoms with Crippen molar-refractivity contribution < 1.29 is 0 Å². The summed E-state index contributed by atoms with van der Waals surface area (Å²) in [5, 5.41) is 7.56. The standard InChI is InChI=1S/C10H14N4S/c1-5(2)8-6(3)15-10(13-8)7-4-12-14-9(7)11/h4-5H,1-3H3,(H3,11,12,14). The third-order valence-corrected chi connectivity index (χ3v) is 3.30. The summed E-state index contributed by atoms with van der Waals surface area (Å²) in [7, 11) is 0. The number of aromatic nitrogens is 3. The van der Waals surface area contributed by atoms with Crippen LogP contribution in [0.5, 0.6) is 0 Å². The highest BCUT2D eigenvalue weighted by molar-refractivity contribution is 7.15. The van der Waals surface area contributed by atoms with E-state index in [4.69, 9.17) is 5.73 Å². The van der Waals surface area contributed by atoms with Crippen molar-refractivity contribution >= 4 is 17.2 Å². The number of nitrogen functional groups attached to an aromatic ring is 1. The molecule has 4 nitrogen and oxygen atoms in total. The Hall–Kier alpha value is -1.36. The fourth-order valence-corrected chi connectivity index (χ4v) is 2.62. The molecular formula is C10H14N4S. The molecule has 0 unspecified atom stereocenters. The number of hydrogen-bond acceptors (Lipinski definition) is 4.